The Hall–Kier alpha value is -4.58. The number of terminal acetylenes is 2. The molecule has 0 bridgehead atoms. The Bertz CT molecular complexity index is 2230. The molecule has 1 saturated carbocycles. The average molecular weight is 954 g/mol. The van der Waals surface area contributed by atoms with Crippen molar-refractivity contribution in [3.8, 4) is 30.4 Å². The Labute approximate surface area is 391 Å². The van der Waals surface area contributed by atoms with E-state index in [2.05, 4.69) is 16.8 Å². The third kappa shape index (κ3) is 17.6. The summed E-state index contributed by atoms with van der Waals surface area (Å²) < 4.78 is 66.4. The fourth-order valence-electron chi connectivity index (χ4n) is 8.59. The smallest absolute Gasteiger partial charge is 0.313 e. The molecule has 2 heterocycles. The predicted molar refractivity (Wildman–Crippen MR) is 250 cm³/mol. The van der Waals surface area contributed by atoms with Crippen molar-refractivity contribution in [2.75, 3.05) is 23.0 Å². The lowest BCUT2D eigenvalue weighted by Gasteiger charge is -2.33. The first-order valence-electron chi connectivity index (χ1n) is 23.0. The topological polar surface area (TPSA) is 221 Å². The van der Waals surface area contributed by atoms with Crippen molar-refractivity contribution >= 4 is 37.6 Å². The fraction of sp³-hybridized carbons (Fsp3) is 0.600. The number of hydrogen-bond donors (Lipinski definition) is 3. The first kappa shape index (κ1) is 54.0. The molecule has 1 aliphatic carbocycles. The SMILES string of the molecule is C#CCCCCS(=O)(=O)CCCC(=O)OCc1cnc(C)c(OC(=O)CCC/C=C\C[C@@H]2[C@@H](CC[C@@H](O)CCc3ccccc3)[C@H](O)C[C@@H]2O)c1COC(=O)C1(CC#C)CCS(=O)(=O)CC1. The summed E-state index contributed by atoms with van der Waals surface area (Å²) in [6.45, 7) is 0.800. The molecule has 66 heavy (non-hydrogen) atoms. The third-order valence-electron chi connectivity index (χ3n) is 12.7. The number of aryl methyl sites for hydroxylation is 2. The van der Waals surface area contributed by atoms with Crippen LogP contribution in [0.5, 0.6) is 5.75 Å². The van der Waals surface area contributed by atoms with Gasteiger partial charge in [-0.05, 0) is 108 Å². The van der Waals surface area contributed by atoms with Gasteiger partial charge in [-0.1, -0.05) is 42.5 Å². The van der Waals surface area contributed by atoms with E-state index in [-0.39, 0.29) is 109 Å². The summed E-state index contributed by atoms with van der Waals surface area (Å²) in [4.78, 5) is 44.1. The molecule has 16 heteroatoms. The first-order chi connectivity index (χ1) is 31.5. The summed E-state index contributed by atoms with van der Waals surface area (Å²) >= 11 is 0. The monoisotopic (exact) mass is 953 g/mol. The number of hydrogen-bond acceptors (Lipinski definition) is 14. The molecule has 0 radical (unpaired) electrons. The van der Waals surface area contributed by atoms with E-state index in [0.717, 1.165) is 12.0 Å². The highest BCUT2D eigenvalue weighted by Crippen LogP contribution is 2.40. The summed E-state index contributed by atoms with van der Waals surface area (Å²) in [6, 6.07) is 9.95. The highest BCUT2D eigenvalue weighted by Gasteiger charge is 2.44. The summed E-state index contributed by atoms with van der Waals surface area (Å²) in [7, 11) is -6.73. The van der Waals surface area contributed by atoms with E-state index in [1.54, 1.807) is 6.92 Å². The number of carbonyl (C=O) groups is 3. The van der Waals surface area contributed by atoms with Gasteiger partial charge >= 0.3 is 17.9 Å². The number of carbonyl (C=O) groups excluding carboxylic acids is 3. The second-order valence-corrected chi connectivity index (χ2v) is 22.3. The van der Waals surface area contributed by atoms with Gasteiger partial charge in [0.2, 0.25) is 0 Å². The lowest BCUT2D eigenvalue weighted by molar-refractivity contribution is -0.158. The zero-order valence-corrected chi connectivity index (χ0v) is 39.7. The van der Waals surface area contributed by atoms with E-state index in [9.17, 15) is 46.5 Å². The molecule has 362 valence electrons. The number of ether oxygens (including phenoxy) is 3. The fourth-order valence-corrected chi connectivity index (χ4v) is 11.6. The number of allylic oxidation sites excluding steroid dienone is 2. The maximum absolute atomic E-state index is 13.7. The summed E-state index contributed by atoms with van der Waals surface area (Å²) in [5, 5.41) is 32.1. The van der Waals surface area contributed by atoms with Gasteiger partial charge in [0.25, 0.3) is 0 Å². The zero-order valence-electron chi connectivity index (χ0n) is 38.1. The Morgan fingerprint density at radius 3 is 2.32 bits per heavy atom. The van der Waals surface area contributed by atoms with Crippen LogP contribution in [0, 0.1) is 48.9 Å². The van der Waals surface area contributed by atoms with Crippen LogP contribution in [-0.2, 0) is 63.2 Å². The van der Waals surface area contributed by atoms with Gasteiger partial charge in [0, 0.05) is 43.0 Å². The highest BCUT2D eigenvalue weighted by molar-refractivity contribution is 7.91. The molecular weight excluding hydrogens is 887 g/mol. The third-order valence-corrected chi connectivity index (χ3v) is 16.1. The average Bonchev–Trinajstić information content (AvgIpc) is 3.55. The minimum absolute atomic E-state index is 0.00303. The van der Waals surface area contributed by atoms with Crippen LogP contribution >= 0.6 is 0 Å². The Morgan fingerprint density at radius 2 is 1.61 bits per heavy atom. The molecule has 3 N–H and O–H groups in total. The van der Waals surface area contributed by atoms with Crippen LogP contribution in [0.25, 0.3) is 0 Å². The van der Waals surface area contributed by atoms with Crippen LogP contribution in [-0.4, -0.2) is 96.4 Å². The van der Waals surface area contributed by atoms with Crippen LogP contribution in [0.2, 0.25) is 0 Å². The van der Waals surface area contributed by atoms with E-state index in [4.69, 9.17) is 27.1 Å². The van der Waals surface area contributed by atoms with E-state index in [1.807, 2.05) is 42.5 Å². The van der Waals surface area contributed by atoms with Gasteiger partial charge in [0.1, 0.15) is 32.9 Å². The van der Waals surface area contributed by atoms with Crippen molar-refractivity contribution in [3.63, 3.8) is 0 Å². The second-order valence-electron chi connectivity index (χ2n) is 17.7. The molecule has 1 aromatic heterocycles. The van der Waals surface area contributed by atoms with Gasteiger partial charge in [-0.2, -0.15) is 0 Å². The molecule has 0 unspecified atom stereocenters. The van der Waals surface area contributed by atoms with E-state index < -0.39 is 67.9 Å². The predicted octanol–water partition coefficient (Wildman–Crippen LogP) is 5.85. The molecule has 0 amide bonds. The Balaban J connectivity index is 1.35. The van der Waals surface area contributed by atoms with Crippen LogP contribution in [0.4, 0.5) is 0 Å². The minimum Gasteiger partial charge on any atom is -0.461 e. The molecule has 2 aliphatic rings. The van der Waals surface area contributed by atoms with Crippen molar-refractivity contribution in [3.05, 3.63) is 71.1 Å². The molecule has 5 atom stereocenters. The van der Waals surface area contributed by atoms with E-state index in [1.165, 1.54) is 6.20 Å². The van der Waals surface area contributed by atoms with Crippen LogP contribution in [0.15, 0.2) is 48.7 Å². The number of benzene rings is 1. The van der Waals surface area contributed by atoms with Gasteiger partial charge in [0.05, 0.1) is 52.4 Å². The maximum atomic E-state index is 13.7. The number of nitrogens with zero attached hydrogens (tertiary/aromatic N) is 1. The number of aliphatic hydroxyl groups excluding tert-OH is 3. The van der Waals surface area contributed by atoms with Crippen molar-refractivity contribution in [1.82, 2.24) is 4.98 Å². The summed E-state index contributed by atoms with van der Waals surface area (Å²) in [6.07, 6.45) is 19.8. The summed E-state index contributed by atoms with van der Waals surface area (Å²) in [5.41, 5.74) is 0.686. The number of sulfone groups is 2. The van der Waals surface area contributed by atoms with Gasteiger partial charge in [-0.15, -0.1) is 24.7 Å². The van der Waals surface area contributed by atoms with Gasteiger partial charge in [-0.25, -0.2) is 16.8 Å². The van der Waals surface area contributed by atoms with Crippen molar-refractivity contribution in [2.24, 2.45) is 17.3 Å². The van der Waals surface area contributed by atoms with E-state index >= 15 is 0 Å². The van der Waals surface area contributed by atoms with Gasteiger partial charge in [0.15, 0.2) is 5.75 Å². The lowest BCUT2D eigenvalue weighted by atomic mass is 9.79. The molecule has 2 aromatic rings. The highest BCUT2D eigenvalue weighted by atomic mass is 32.2. The second kappa shape index (κ2) is 26.7. The van der Waals surface area contributed by atoms with Crippen LogP contribution in [0.1, 0.15) is 125 Å². The van der Waals surface area contributed by atoms with Crippen LogP contribution in [0.3, 0.4) is 0 Å². The Morgan fingerprint density at radius 1 is 0.909 bits per heavy atom. The van der Waals surface area contributed by atoms with E-state index in [0.29, 0.717) is 57.8 Å². The molecular formula is C50H67NO13S2. The first-order valence-corrected chi connectivity index (χ1v) is 26.6. The Kier molecular flexibility index (Phi) is 21.8. The van der Waals surface area contributed by atoms with Crippen molar-refractivity contribution in [1.29, 1.82) is 0 Å². The normalized spacial score (nSPS) is 20.5. The minimum atomic E-state index is -3.39. The number of aliphatic hydroxyl groups is 3. The summed E-state index contributed by atoms with van der Waals surface area (Å²) in [5.74, 6) is 1.98. The maximum Gasteiger partial charge on any atom is 0.313 e. The molecule has 14 nitrogen and oxygen atoms in total. The largest absolute Gasteiger partial charge is 0.461 e. The van der Waals surface area contributed by atoms with Gasteiger partial charge in [-0.3, -0.25) is 19.4 Å². The lowest BCUT2D eigenvalue weighted by Crippen LogP contribution is -2.40. The number of aromatic nitrogens is 1. The molecule has 1 aliphatic heterocycles. The van der Waals surface area contributed by atoms with Gasteiger partial charge < -0.3 is 29.5 Å². The molecule has 4 rings (SSSR count). The van der Waals surface area contributed by atoms with Crippen LogP contribution < -0.4 is 4.74 Å². The number of pyridine rings is 1. The van der Waals surface area contributed by atoms with Crippen molar-refractivity contribution < 1.29 is 60.7 Å². The quantitative estimate of drug-likeness (QED) is 0.0414. The standard InChI is InChI=1S/C50H67NO13S2/c1-4-6-7-15-29-65(58,59)30-16-21-46(55)62-35-39-34-51-37(3)48(43(39)36-63-49(57)50(26-5-2)27-31-66(60,61)32-28-50)64-47(56)20-14-9-8-13-19-41-42(45(54)33-44(41)53)25-24-40(52)23-22-38-17-11-10-12-18-38/h1-2,8,10-13,17-18,34,40-42,44-45,52-54H,6-7,9,14-16,19-33,35-36H2,3H3/b13-8-/t40-,41+,42+,44-,45+/m0/s1. The zero-order chi connectivity index (χ0) is 48.2. The molecule has 2 fully saturated rings. The molecule has 1 saturated heterocycles. The number of unbranched alkanes of at least 4 members (excludes halogenated alkanes) is 3. The molecule has 1 aromatic carbocycles. The number of esters is 3. The van der Waals surface area contributed by atoms with Crippen molar-refractivity contribution in [2.45, 2.75) is 148 Å². The number of rotatable bonds is 27. The molecule has 0 spiro atoms.